The third-order valence-corrected chi connectivity index (χ3v) is 5.02. The number of benzene rings is 1. The molecule has 1 aliphatic rings. The van der Waals surface area contributed by atoms with Gasteiger partial charge < -0.3 is 9.64 Å². The largest absolute Gasteiger partial charge is 0.377 e. The molecule has 0 aliphatic carbocycles. The molecule has 0 spiro atoms. The normalized spacial score (nSPS) is 18.2. The summed E-state index contributed by atoms with van der Waals surface area (Å²) in [7, 11) is 0. The van der Waals surface area contributed by atoms with Crippen molar-refractivity contribution in [2.45, 2.75) is 30.5 Å². The predicted molar refractivity (Wildman–Crippen MR) is 95.4 cm³/mol. The Morgan fingerprint density at radius 3 is 2.83 bits per heavy atom. The van der Waals surface area contributed by atoms with Crippen LogP contribution in [0.3, 0.4) is 0 Å². The molecular weight excluding hydrogens is 330 g/mol. The number of rotatable bonds is 4. The van der Waals surface area contributed by atoms with E-state index >= 15 is 0 Å². The van der Waals surface area contributed by atoms with Gasteiger partial charge in [0.1, 0.15) is 5.82 Å². The van der Waals surface area contributed by atoms with E-state index in [-0.39, 0.29) is 0 Å². The summed E-state index contributed by atoms with van der Waals surface area (Å²) in [6.45, 7) is 6.50. The first kappa shape index (κ1) is 16.6. The Morgan fingerprint density at radius 2 is 2.09 bits per heavy atom. The van der Waals surface area contributed by atoms with Crippen molar-refractivity contribution in [3.63, 3.8) is 0 Å². The van der Waals surface area contributed by atoms with Gasteiger partial charge in [0.15, 0.2) is 0 Å². The first-order valence-electron chi connectivity index (χ1n) is 7.69. The summed E-state index contributed by atoms with van der Waals surface area (Å²) in [4.78, 5) is 12.2. The molecular formula is C17H20ClN3OS. The van der Waals surface area contributed by atoms with E-state index in [1.54, 1.807) is 11.8 Å². The number of aromatic nitrogens is 2. The highest BCUT2D eigenvalue weighted by Crippen LogP contribution is 2.26. The van der Waals surface area contributed by atoms with Crippen molar-refractivity contribution in [2.75, 3.05) is 24.7 Å². The maximum Gasteiger partial charge on any atom is 0.224 e. The van der Waals surface area contributed by atoms with E-state index in [4.69, 9.17) is 16.3 Å². The predicted octanol–water partition coefficient (Wildman–Crippen LogP) is 3.96. The van der Waals surface area contributed by atoms with E-state index in [1.165, 1.54) is 10.5 Å². The van der Waals surface area contributed by atoms with Gasteiger partial charge >= 0.3 is 0 Å². The maximum atomic E-state index is 6.13. The van der Waals surface area contributed by atoms with Gasteiger partial charge in [0.05, 0.1) is 24.9 Å². The third-order valence-electron chi connectivity index (χ3n) is 3.81. The van der Waals surface area contributed by atoms with Crippen LogP contribution < -0.4 is 4.90 Å². The van der Waals surface area contributed by atoms with Gasteiger partial charge in [-0.2, -0.15) is 0 Å². The number of hydrogen-bond donors (Lipinski definition) is 0. The highest BCUT2D eigenvalue weighted by Gasteiger charge is 2.21. The van der Waals surface area contributed by atoms with Crippen LogP contribution in [0.25, 0.3) is 0 Å². The molecule has 0 saturated carbocycles. The SMILES string of the molecule is Cc1ccc(SCc2cc(N3CCOC[C@@H]3C)nc(Cl)n2)cc1. The van der Waals surface area contributed by atoms with Gasteiger partial charge in [-0.05, 0) is 37.6 Å². The summed E-state index contributed by atoms with van der Waals surface area (Å²) in [6, 6.07) is 10.8. The molecule has 4 nitrogen and oxygen atoms in total. The second-order valence-corrected chi connectivity index (χ2v) is 7.09. The summed E-state index contributed by atoms with van der Waals surface area (Å²) < 4.78 is 5.49. The Kier molecular flexibility index (Phi) is 5.41. The van der Waals surface area contributed by atoms with E-state index < -0.39 is 0 Å². The highest BCUT2D eigenvalue weighted by molar-refractivity contribution is 7.98. The topological polar surface area (TPSA) is 38.2 Å². The summed E-state index contributed by atoms with van der Waals surface area (Å²) in [5.74, 6) is 1.66. The van der Waals surface area contributed by atoms with Crippen LogP contribution in [0.15, 0.2) is 35.2 Å². The van der Waals surface area contributed by atoms with Gasteiger partial charge in [-0.25, -0.2) is 9.97 Å². The highest BCUT2D eigenvalue weighted by atomic mass is 35.5. The van der Waals surface area contributed by atoms with E-state index in [2.05, 4.69) is 53.0 Å². The molecule has 2 aromatic rings. The molecule has 3 rings (SSSR count). The Labute approximate surface area is 146 Å². The van der Waals surface area contributed by atoms with Crippen molar-refractivity contribution < 1.29 is 4.74 Å². The van der Waals surface area contributed by atoms with Crippen LogP contribution in [0.2, 0.25) is 5.28 Å². The first-order valence-corrected chi connectivity index (χ1v) is 9.05. The smallest absolute Gasteiger partial charge is 0.224 e. The molecule has 1 saturated heterocycles. The van der Waals surface area contributed by atoms with E-state index in [9.17, 15) is 0 Å². The van der Waals surface area contributed by atoms with E-state index in [0.717, 1.165) is 37.0 Å². The molecule has 0 N–H and O–H groups in total. The first-order chi connectivity index (χ1) is 11.1. The summed E-state index contributed by atoms with van der Waals surface area (Å²) in [5, 5.41) is 0.306. The average molecular weight is 350 g/mol. The molecule has 0 unspecified atom stereocenters. The Balaban J connectivity index is 1.73. The molecule has 23 heavy (non-hydrogen) atoms. The van der Waals surface area contributed by atoms with Gasteiger partial charge in [0.25, 0.3) is 0 Å². The van der Waals surface area contributed by atoms with Crippen LogP contribution in [0.5, 0.6) is 0 Å². The zero-order valence-electron chi connectivity index (χ0n) is 13.3. The number of aryl methyl sites for hydroxylation is 1. The Bertz CT molecular complexity index is 665. The van der Waals surface area contributed by atoms with Crippen molar-refractivity contribution in [1.29, 1.82) is 0 Å². The van der Waals surface area contributed by atoms with Crippen molar-refractivity contribution in [1.82, 2.24) is 9.97 Å². The molecule has 2 heterocycles. The van der Waals surface area contributed by atoms with Crippen molar-refractivity contribution in [2.24, 2.45) is 0 Å². The quantitative estimate of drug-likeness (QED) is 0.617. The number of ether oxygens (including phenoxy) is 1. The summed E-state index contributed by atoms with van der Waals surface area (Å²) in [5.41, 5.74) is 2.22. The second-order valence-electron chi connectivity index (χ2n) is 5.71. The van der Waals surface area contributed by atoms with Crippen LogP contribution >= 0.6 is 23.4 Å². The number of halogens is 1. The molecule has 122 valence electrons. The lowest BCUT2D eigenvalue weighted by Gasteiger charge is -2.34. The lowest BCUT2D eigenvalue weighted by Crippen LogP contribution is -2.44. The number of morpholine rings is 1. The second kappa shape index (κ2) is 7.51. The van der Waals surface area contributed by atoms with Crippen LogP contribution in [-0.2, 0) is 10.5 Å². The van der Waals surface area contributed by atoms with Gasteiger partial charge in [0, 0.05) is 23.3 Å². The van der Waals surface area contributed by atoms with Crippen LogP contribution in [0, 0.1) is 6.92 Å². The molecule has 0 amide bonds. The summed E-state index contributed by atoms with van der Waals surface area (Å²) in [6.07, 6.45) is 0. The molecule has 6 heteroatoms. The van der Waals surface area contributed by atoms with Crippen molar-refractivity contribution in [3.05, 3.63) is 46.9 Å². The van der Waals surface area contributed by atoms with Crippen LogP contribution in [-0.4, -0.2) is 35.8 Å². The number of hydrogen-bond acceptors (Lipinski definition) is 5. The summed E-state index contributed by atoms with van der Waals surface area (Å²) >= 11 is 7.89. The molecule has 1 atom stereocenters. The van der Waals surface area contributed by atoms with Gasteiger partial charge in [0.2, 0.25) is 5.28 Å². The molecule has 0 radical (unpaired) electrons. The van der Waals surface area contributed by atoms with Gasteiger partial charge in [-0.3, -0.25) is 0 Å². The van der Waals surface area contributed by atoms with E-state index in [1.807, 2.05) is 6.07 Å². The van der Waals surface area contributed by atoms with Crippen molar-refractivity contribution >= 4 is 29.2 Å². The number of anilines is 1. The zero-order valence-corrected chi connectivity index (χ0v) is 14.9. The van der Waals surface area contributed by atoms with Crippen molar-refractivity contribution in [3.8, 4) is 0 Å². The lowest BCUT2D eigenvalue weighted by atomic mass is 10.2. The third kappa shape index (κ3) is 4.37. The number of thioether (sulfide) groups is 1. The standard InChI is InChI=1S/C17H20ClN3OS/c1-12-3-5-15(6-4-12)23-11-14-9-16(20-17(18)19-14)21-7-8-22-10-13(21)2/h3-6,9,13H,7-8,10-11H2,1-2H3/t13-/m0/s1. The molecule has 1 aliphatic heterocycles. The van der Waals surface area contributed by atoms with Crippen LogP contribution in [0.1, 0.15) is 18.2 Å². The molecule has 1 aromatic heterocycles. The maximum absolute atomic E-state index is 6.13. The fourth-order valence-electron chi connectivity index (χ4n) is 2.53. The lowest BCUT2D eigenvalue weighted by molar-refractivity contribution is 0.0985. The van der Waals surface area contributed by atoms with Crippen LogP contribution in [0.4, 0.5) is 5.82 Å². The molecule has 0 bridgehead atoms. The fourth-order valence-corrected chi connectivity index (χ4v) is 3.52. The molecule has 1 aromatic carbocycles. The Hall–Kier alpha value is -1.30. The Morgan fingerprint density at radius 1 is 1.30 bits per heavy atom. The molecule has 1 fully saturated rings. The monoisotopic (exact) mass is 349 g/mol. The average Bonchev–Trinajstić information content (AvgIpc) is 2.54. The van der Waals surface area contributed by atoms with Gasteiger partial charge in [-0.15, -0.1) is 11.8 Å². The number of nitrogens with zero attached hydrogens (tertiary/aromatic N) is 3. The zero-order chi connectivity index (χ0) is 16.2. The van der Waals surface area contributed by atoms with Gasteiger partial charge in [-0.1, -0.05) is 17.7 Å². The minimum atomic E-state index is 0.298. The fraction of sp³-hybridized carbons (Fsp3) is 0.412. The van der Waals surface area contributed by atoms with E-state index in [0.29, 0.717) is 11.3 Å². The minimum Gasteiger partial charge on any atom is -0.377 e. The minimum absolute atomic E-state index is 0.298.